The van der Waals surface area contributed by atoms with Gasteiger partial charge in [0.05, 0.1) is 6.61 Å². The first-order chi connectivity index (χ1) is 26.9. The third kappa shape index (κ3) is 44.1. The summed E-state index contributed by atoms with van der Waals surface area (Å²) in [6, 6.07) is 0. The van der Waals surface area contributed by atoms with Crippen molar-refractivity contribution < 1.29 is 32.6 Å². The van der Waals surface area contributed by atoms with E-state index in [4.69, 9.17) is 14.7 Å². The normalized spacial score (nSPS) is 14.8. The second-order valence-electron chi connectivity index (χ2n) is 14.2. The standard InChI is InChI=1S/C47H76O7P2/c1-45(2)39-37-41-47(4)43-38-42-46(3)40-35-33-31-29-27-25-23-21-19-17-15-13-11-9-7-5-6-8-10-12-14-16-18-20-22-24-26-28-30-32-34-36-44-53-56(51,52)54-55(48,49)50/h5,7,10,12-13,15,18,20-21,23,26,28-29,31,34,36,39-40,43H,6,8-9,11,14,16-17,19,22,24-25,27,30,32-33,35,37-38,41-42,44H2,1-4H3,(H,51,52)(H2,48,49,50)/b7-5-,12-10-,15-13-,20-18-,23-21-,28-26-,31-29-,36-34-,46-40+,47-43+. The van der Waals surface area contributed by atoms with Gasteiger partial charge in [-0.2, -0.15) is 4.31 Å². The largest absolute Gasteiger partial charge is 0.481 e. The van der Waals surface area contributed by atoms with Gasteiger partial charge in [0.25, 0.3) is 0 Å². The Morgan fingerprint density at radius 3 is 0.964 bits per heavy atom. The van der Waals surface area contributed by atoms with Gasteiger partial charge in [-0.15, -0.1) is 0 Å². The van der Waals surface area contributed by atoms with Crippen LogP contribution < -0.4 is 0 Å². The van der Waals surface area contributed by atoms with Crippen LogP contribution in [0.1, 0.15) is 156 Å². The molecule has 0 saturated carbocycles. The molecule has 0 rings (SSSR count). The summed E-state index contributed by atoms with van der Waals surface area (Å²) in [5.74, 6) is 0. The molecular weight excluding hydrogens is 738 g/mol. The fourth-order valence-corrected chi connectivity index (χ4v) is 6.78. The van der Waals surface area contributed by atoms with Crippen LogP contribution in [-0.2, 0) is 18.0 Å². The number of phosphoric acid groups is 2. The van der Waals surface area contributed by atoms with Crippen molar-refractivity contribution in [3.8, 4) is 0 Å². The third-order valence-corrected chi connectivity index (χ3v) is 10.5. The molecule has 56 heavy (non-hydrogen) atoms. The highest BCUT2D eigenvalue weighted by Crippen LogP contribution is 2.57. The summed E-state index contributed by atoms with van der Waals surface area (Å²) in [5.41, 5.74) is 4.43. The summed E-state index contributed by atoms with van der Waals surface area (Å²) in [7, 11) is -9.85. The second kappa shape index (κ2) is 37.9. The first-order valence-electron chi connectivity index (χ1n) is 20.8. The maximum absolute atomic E-state index is 11.3. The molecule has 0 bridgehead atoms. The van der Waals surface area contributed by atoms with Crippen LogP contribution in [0.3, 0.4) is 0 Å². The molecule has 0 radical (unpaired) electrons. The van der Waals surface area contributed by atoms with Crippen LogP contribution in [0.4, 0.5) is 0 Å². The van der Waals surface area contributed by atoms with E-state index in [2.05, 4.69) is 140 Å². The predicted molar refractivity (Wildman–Crippen MR) is 241 cm³/mol. The minimum Gasteiger partial charge on any atom is -0.302 e. The molecule has 0 aromatic carbocycles. The molecule has 0 fully saturated rings. The summed E-state index contributed by atoms with van der Waals surface area (Å²) < 4.78 is 30.0. The van der Waals surface area contributed by atoms with Crippen molar-refractivity contribution in [2.75, 3.05) is 6.61 Å². The summed E-state index contributed by atoms with van der Waals surface area (Å²) in [6.07, 6.45) is 63.7. The van der Waals surface area contributed by atoms with Crippen molar-refractivity contribution >= 4 is 15.6 Å². The minimum atomic E-state index is -5.08. The van der Waals surface area contributed by atoms with Crippen molar-refractivity contribution in [1.82, 2.24) is 0 Å². The lowest BCUT2D eigenvalue weighted by Crippen LogP contribution is -1.93. The monoisotopic (exact) mass is 815 g/mol. The van der Waals surface area contributed by atoms with Crippen molar-refractivity contribution in [3.63, 3.8) is 0 Å². The Kier molecular flexibility index (Phi) is 36.2. The highest BCUT2D eigenvalue weighted by atomic mass is 31.3. The lowest BCUT2D eigenvalue weighted by Gasteiger charge is -2.10. The molecule has 0 aliphatic rings. The lowest BCUT2D eigenvalue weighted by atomic mass is 10.1. The molecule has 9 heteroatoms. The van der Waals surface area contributed by atoms with Crippen LogP contribution >= 0.6 is 15.6 Å². The van der Waals surface area contributed by atoms with Gasteiger partial charge in [-0.3, -0.25) is 4.52 Å². The average Bonchev–Trinajstić information content (AvgIpc) is 3.12. The van der Waals surface area contributed by atoms with E-state index in [-0.39, 0.29) is 6.61 Å². The fraction of sp³-hybridized carbons (Fsp3) is 0.532. The minimum absolute atomic E-state index is 0.276. The summed E-state index contributed by atoms with van der Waals surface area (Å²) in [4.78, 5) is 26.2. The van der Waals surface area contributed by atoms with Crippen LogP contribution in [0.5, 0.6) is 0 Å². The van der Waals surface area contributed by atoms with E-state index in [0.717, 1.165) is 116 Å². The highest BCUT2D eigenvalue weighted by molar-refractivity contribution is 7.60. The van der Waals surface area contributed by atoms with E-state index in [0.29, 0.717) is 0 Å². The maximum Gasteiger partial charge on any atom is 0.481 e. The third-order valence-electron chi connectivity index (χ3n) is 8.33. The molecule has 0 amide bonds. The SMILES string of the molecule is CC(C)=CCC/C(C)=C/CC/C(C)=C/CC/C=C\CC/C=C\CC/C=C\CC/C=C\CC/C=C\CC/C=C\CC/C=C\CC/C=C\COP(=O)(O)OP(=O)(O)O. The first-order valence-corrected chi connectivity index (χ1v) is 23.8. The van der Waals surface area contributed by atoms with Gasteiger partial charge in [0.1, 0.15) is 0 Å². The molecule has 1 atom stereocenters. The highest BCUT2D eigenvalue weighted by Gasteiger charge is 2.31. The summed E-state index contributed by atoms with van der Waals surface area (Å²) >= 11 is 0. The van der Waals surface area contributed by atoms with Crippen molar-refractivity contribution in [2.24, 2.45) is 0 Å². The smallest absolute Gasteiger partial charge is 0.302 e. The van der Waals surface area contributed by atoms with Crippen LogP contribution in [0.15, 0.2) is 132 Å². The van der Waals surface area contributed by atoms with Gasteiger partial charge >= 0.3 is 15.6 Å². The molecule has 1 unspecified atom stereocenters. The molecule has 0 spiro atoms. The first kappa shape index (κ1) is 53.4. The Bertz CT molecular complexity index is 1410. The van der Waals surface area contributed by atoms with Gasteiger partial charge < -0.3 is 14.7 Å². The van der Waals surface area contributed by atoms with E-state index < -0.39 is 15.6 Å². The van der Waals surface area contributed by atoms with Crippen LogP contribution in [0.25, 0.3) is 0 Å². The zero-order chi connectivity index (χ0) is 41.4. The van der Waals surface area contributed by atoms with Crippen LogP contribution in [0, 0.1) is 0 Å². The number of hydrogen-bond acceptors (Lipinski definition) is 4. The predicted octanol–water partition coefficient (Wildman–Crippen LogP) is 15.3. The van der Waals surface area contributed by atoms with Gasteiger partial charge in [-0.25, -0.2) is 9.13 Å². The van der Waals surface area contributed by atoms with E-state index in [9.17, 15) is 9.13 Å². The Hall–Kier alpha value is -2.60. The zero-order valence-corrected chi connectivity index (χ0v) is 37.0. The average molecular weight is 815 g/mol. The number of hydrogen-bond donors (Lipinski definition) is 3. The molecule has 3 N–H and O–H groups in total. The fourth-order valence-electron chi connectivity index (χ4n) is 5.24. The lowest BCUT2D eigenvalue weighted by molar-refractivity contribution is 0.191. The molecule has 0 aliphatic carbocycles. The maximum atomic E-state index is 11.3. The Morgan fingerprint density at radius 1 is 0.393 bits per heavy atom. The van der Waals surface area contributed by atoms with Gasteiger partial charge in [0, 0.05) is 0 Å². The van der Waals surface area contributed by atoms with Crippen LogP contribution in [-0.4, -0.2) is 21.3 Å². The second-order valence-corrected chi connectivity index (χ2v) is 17.0. The van der Waals surface area contributed by atoms with Gasteiger partial charge in [-0.1, -0.05) is 132 Å². The molecule has 0 aromatic rings. The van der Waals surface area contributed by atoms with Crippen LogP contribution in [0.2, 0.25) is 0 Å². The number of unbranched alkanes of at least 4 members (excludes halogenated alkanes) is 8. The molecule has 0 aliphatic heterocycles. The van der Waals surface area contributed by atoms with Crippen molar-refractivity contribution in [3.05, 3.63) is 132 Å². The Balaban J connectivity index is 3.64. The molecular formula is C47H76O7P2. The molecule has 0 aromatic heterocycles. The summed E-state index contributed by atoms with van der Waals surface area (Å²) in [5, 5.41) is 0. The van der Waals surface area contributed by atoms with E-state index in [1.165, 1.54) is 35.6 Å². The zero-order valence-electron chi connectivity index (χ0n) is 35.2. The quantitative estimate of drug-likeness (QED) is 0.0332. The van der Waals surface area contributed by atoms with Crippen molar-refractivity contribution in [1.29, 1.82) is 0 Å². The topological polar surface area (TPSA) is 113 Å². The van der Waals surface area contributed by atoms with Gasteiger partial charge in [0.2, 0.25) is 0 Å². The number of allylic oxidation sites excluding steroid dienone is 21. The number of phosphoric ester groups is 1. The molecule has 0 heterocycles. The van der Waals surface area contributed by atoms with Crippen molar-refractivity contribution in [2.45, 2.75) is 156 Å². The Morgan fingerprint density at radius 2 is 0.661 bits per heavy atom. The molecule has 7 nitrogen and oxygen atoms in total. The summed E-state index contributed by atoms with van der Waals surface area (Å²) in [6.45, 7) is 8.59. The van der Waals surface area contributed by atoms with E-state index in [1.54, 1.807) is 6.08 Å². The van der Waals surface area contributed by atoms with E-state index in [1.807, 2.05) is 0 Å². The number of rotatable bonds is 35. The van der Waals surface area contributed by atoms with Gasteiger partial charge in [-0.05, 0) is 156 Å². The van der Waals surface area contributed by atoms with E-state index >= 15 is 0 Å². The Labute approximate surface area is 342 Å². The molecule has 316 valence electrons. The van der Waals surface area contributed by atoms with Gasteiger partial charge in [0.15, 0.2) is 0 Å². The molecule has 0 saturated heterocycles.